The van der Waals surface area contributed by atoms with Crippen molar-refractivity contribution < 1.29 is 0 Å². The van der Waals surface area contributed by atoms with E-state index in [9.17, 15) is 0 Å². The molecule has 0 saturated carbocycles. The second-order valence-electron chi connectivity index (χ2n) is 3.21. The summed E-state index contributed by atoms with van der Waals surface area (Å²) in [5, 5.41) is 4.18. The summed E-state index contributed by atoms with van der Waals surface area (Å²) in [6, 6.07) is 5.87. The molecule has 2 aromatic rings. The molecule has 0 aliphatic carbocycles. The van der Waals surface area contributed by atoms with Gasteiger partial charge in [0.1, 0.15) is 0 Å². The van der Waals surface area contributed by atoms with E-state index >= 15 is 0 Å². The first-order valence-electron chi connectivity index (χ1n) is 4.23. The van der Waals surface area contributed by atoms with Crippen LogP contribution in [0.15, 0.2) is 35.1 Å². The van der Waals surface area contributed by atoms with Gasteiger partial charge >= 0.3 is 0 Å². The number of nitrogen functional groups attached to an aromatic ring is 1. The number of halogens is 1. The number of anilines is 1. The zero-order valence-electron chi connectivity index (χ0n) is 7.74. The Morgan fingerprint density at radius 3 is 2.71 bits per heavy atom. The van der Waals surface area contributed by atoms with Crippen LogP contribution in [0.3, 0.4) is 0 Å². The average Bonchev–Trinajstić information content (AvgIpc) is 2.50. The van der Waals surface area contributed by atoms with Crippen molar-refractivity contribution in [2.75, 3.05) is 5.73 Å². The van der Waals surface area contributed by atoms with E-state index in [0.29, 0.717) is 0 Å². The van der Waals surface area contributed by atoms with Gasteiger partial charge in [0.15, 0.2) is 0 Å². The number of hydrogen-bond donors (Lipinski definition) is 1. The first-order valence-corrected chi connectivity index (χ1v) is 5.02. The van der Waals surface area contributed by atoms with Crippen LogP contribution in [0.25, 0.3) is 5.69 Å². The first-order chi connectivity index (χ1) is 6.65. The van der Waals surface area contributed by atoms with E-state index in [0.717, 1.165) is 21.4 Å². The highest BCUT2D eigenvalue weighted by atomic mass is 79.9. The van der Waals surface area contributed by atoms with E-state index in [1.807, 2.05) is 31.3 Å². The molecule has 0 amide bonds. The minimum absolute atomic E-state index is 0.756. The quantitative estimate of drug-likeness (QED) is 0.792. The molecule has 0 fully saturated rings. The summed E-state index contributed by atoms with van der Waals surface area (Å²) in [5.74, 6) is 0. The Morgan fingerprint density at radius 1 is 1.36 bits per heavy atom. The molecule has 1 aromatic heterocycles. The number of benzene rings is 1. The lowest BCUT2D eigenvalue weighted by atomic mass is 10.2. The van der Waals surface area contributed by atoms with Crippen LogP contribution >= 0.6 is 15.9 Å². The van der Waals surface area contributed by atoms with Crippen molar-refractivity contribution in [1.82, 2.24) is 9.78 Å². The van der Waals surface area contributed by atoms with Crippen molar-refractivity contribution in [3.05, 3.63) is 40.6 Å². The van der Waals surface area contributed by atoms with Crippen LogP contribution in [0.1, 0.15) is 5.56 Å². The number of aryl methyl sites for hydroxylation is 1. The zero-order chi connectivity index (χ0) is 10.1. The zero-order valence-corrected chi connectivity index (χ0v) is 9.32. The third-order valence-corrected chi connectivity index (χ3v) is 2.31. The molecule has 0 atom stereocenters. The van der Waals surface area contributed by atoms with Crippen molar-refractivity contribution in [3.63, 3.8) is 0 Å². The van der Waals surface area contributed by atoms with Crippen LogP contribution in [0.4, 0.5) is 5.69 Å². The lowest BCUT2D eigenvalue weighted by Gasteiger charge is -2.04. The van der Waals surface area contributed by atoms with E-state index in [1.165, 1.54) is 0 Å². The SMILES string of the molecule is Cc1cc(N)cc(-n2cc(Br)cn2)c1. The van der Waals surface area contributed by atoms with E-state index in [1.54, 1.807) is 10.9 Å². The molecule has 14 heavy (non-hydrogen) atoms. The number of nitrogens with two attached hydrogens (primary N) is 1. The van der Waals surface area contributed by atoms with E-state index in [4.69, 9.17) is 5.73 Å². The van der Waals surface area contributed by atoms with Gasteiger partial charge in [-0.2, -0.15) is 5.10 Å². The standard InChI is InChI=1S/C10H10BrN3/c1-7-2-9(12)4-10(3-7)14-6-8(11)5-13-14/h2-6H,12H2,1H3. The van der Waals surface area contributed by atoms with Gasteiger partial charge < -0.3 is 5.73 Å². The van der Waals surface area contributed by atoms with Gasteiger partial charge in [0.25, 0.3) is 0 Å². The second kappa shape index (κ2) is 3.46. The van der Waals surface area contributed by atoms with Crippen LogP contribution in [0.2, 0.25) is 0 Å². The summed E-state index contributed by atoms with van der Waals surface area (Å²) in [7, 11) is 0. The highest BCUT2D eigenvalue weighted by molar-refractivity contribution is 9.10. The smallest absolute Gasteiger partial charge is 0.0669 e. The average molecular weight is 252 g/mol. The van der Waals surface area contributed by atoms with Crippen molar-refractivity contribution in [1.29, 1.82) is 0 Å². The van der Waals surface area contributed by atoms with Gasteiger partial charge in [-0.3, -0.25) is 0 Å². The second-order valence-corrected chi connectivity index (χ2v) is 4.12. The summed E-state index contributed by atoms with van der Waals surface area (Å²) < 4.78 is 2.74. The number of rotatable bonds is 1. The molecule has 3 nitrogen and oxygen atoms in total. The molecule has 0 spiro atoms. The summed E-state index contributed by atoms with van der Waals surface area (Å²) in [4.78, 5) is 0. The predicted molar refractivity (Wildman–Crippen MR) is 60.4 cm³/mol. The third kappa shape index (κ3) is 1.80. The highest BCUT2D eigenvalue weighted by Gasteiger charge is 2.00. The Hall–Kier alpha value is -1.29. The Morgan fingerprint density at radius 2 is 2.14 bits per heavy atom. The highest BCUT2D eigenvalue weighted by Crippen LogP contribution is 2.16. The third-order valence-electron chi connectivity index (χ3n) is 1.90. The molecule has 0 radical (unpaired) electrons. The molecule has 2 N–H and O–H groups in total. The maximum absolute atomic E-state index is 5.75. The molecular formula is C10H10BrN3. The molecule has 0 bridgehead atoms. The van der Waals surface area contributed by atoms with E-state index in [2.05, 4.69) is 21.0 Å². The summed E-state index contributed by atoms with van der Waals surface area (Å²) in [5.41, 5.74) is 8.62. The molecule has 72 valence electrons. The molecule has 1 heterocycles. The topological polar surface area (TPSA) is 43.8 Å². The lowest BCUT2D eigenvalue weighted by Crippen LogP contribution is -1.96. The Bertz CT molecular complexity index is 442. The van der Waals surface area contributed by atoms with E-state index < -0.39 is 0 Å². The molecular weight excluding hydrogens is 242 g/mol. The predicted octanol–water partition coefficient (Wildman–Crippen LogP) is 2.53. The minimum Gasteiger partial charge on any atom is -0.399 e. The summed E-state index contributed by atoms with van der Waals surface area (Å²) in [6.45, 7) is 2.01. The Kier molecular flexibility index (Phi) is 2.29. The fourth-order valence-corrected chi connectivity index (χ4v) is 1.65. The fraction of sp³-hybridized carbons (Fsp3) is 0.100. The van der Waals surface area contributed by atoms with Gasteiger partial charge in [-0.15, -0.1) is 0 Å². The van der Waals surface area contributed by atoms with Crippen LogP contribution in [0, 0.1) is 6.92 Å². The van der Waals surface area contributed by atoms with Gasteiger partial charge in [-0.05, 0) is 46.6 Å². The Balaban J connectivity index is 2.51. The summed E-state index contributed by atoms with van der Waals surface area (Å²) in [6.07, 6.45) is 3.65. The number of hydrogen-bond acceptors (Lipinski definition) is 2. The monoisotopic (exact) mass is 251 g/mol. The molecule has 0 unspecified atom stereocenters. The van der Waals surface area contributed by atoms with Gasteiger partial charge in [-0.25, -0.2) is 4.68 Å². The van der Waals surface area contributed by atoms with Crippen LogP contribution in [-0.2, 0) is 0 Å². The van der Waals surface area contributed by atoms with Gasteiger partial charge in [0.2, 0.25) is 0 Å². The largest absolute Gasteiger partial charge is 0.399 e. The van der Waals surface area contributed by atoms with Gasteiger partial charge in [0.05, 0.1) is 16.4 Å². The van der Waals surface area contributed by atoms with Crippen LogP contribution in [0.5, 0.6) is 0 Å². The fourth-order valence-electron chi connectivity index (χ4n) is 1.37. The molecule has 0 aliphatic rings. The maximum Gasteiger partial charge on any atom is 0.0669 e. The van der Waals surface area contributed by atoms with Gasteiger partial charge in [0, 0.05) is 11.9 Å². The van der Waals surface area contributed by atoms with Crippen molar-refractivity contribution in [3.8, 4) is 5.69 Å². The first kappa shape index (κ1) is 9.27. The Labute approximate surface area is 90.7 Å². The van der Waals surface area contributed by atoms with Crippen LogP contribution < -0.4 is 5.73 Å². The van der Waals surface area contributed by atoms with Crippen LogP contribution in [-0.4, -0.2) is 9.78 Å². The normalized spacial score (nSPS) is 10.4. The van der Waals surface area contributed by atoms with E-state index in [-0.39, 0.29) is 0 Å². The molecule has 4 heteroatoms. The molecule has 2 rings (SSSR count). The number of nitrogens with zero attached hydrogens (tertiary/aromatic N) is 2. The maximum atomic E-state index is 5.75. The van der Waals surface area contributed by atoms with Crippen molar-refractivity contribution in [2.45, 2.75) is 6.92 Å². The van der Waals surface area contributed by atoms with Crippen molar-refractivity contribution in [2.24, 2.45) is 0 Å². The lowest BCUT2D eigenvalue weighted by molar-refractivity contribution is 0.879. The molecule has 0 aliphatic heterocycles. The summed E-state index contributed by atoms with van der Waals surface area (Å²) >= 11 is 3.35. The van der Waals surface area contributed by atoms with Gasteiger partial charge in [-0.1, -0.05) is 0 Å². The van der Waals surface area contributed by atoms with Crippen molar-refractivity contribution >= 4 is 21.6 Å². The number of aromatic nitrogens is 2. The molecule has 1 aromatic carbocycles. The minimum atomic E-state index is 0.756. The molecule has 0 saturated heterocycles.